The Labute approximate surface area is 126 Å². The summed E-state index contributed by atoms with van der Waals surface area (Å²) in [6, 6.07) is 11.3. The van der Waals surface area contributed by atoms with E-state index in [4.69, 9.17) is 9.47 Å². The number of benzene rings is 1. The van der Waals surface area contributed by atoms with Gasteiger partial charge in [-0.3, -0.25) is 0 Å². The maximum atomic E-state index is 11.7. The van der Waals surface area contributed by atoms with Crippen LogP contribution in [-0.2, 0) is 6.54 Å². The lowest BCUT2D eigenvalue weighted by molar-refractivity contribution is 0.0918. The summed E-state index contributed by atoms with van der Waals surface area (Å²) in [7, 11) is 0. The molecule has 2 N–H and O–H groups in total. The van der Waals surface area contributed by atoms with Gasteiger partial charge in [-0.05, 0) is 23.6 Å². The highest BCUT2D eigenvalue weighted by Crippen LogP contribution is 2.30. The predicted molar refractivity (Wildman–Crippen MR) is 80.9 cm³/mol. The summed E-state index contributed by atoms with van der Waals surface area (Å²) < 4.78 is 11.4. The van der Waals surface area contributed by atoms with Crippen molar-refractivity contribution in [3.05, 3.63) is 46.7 Å². The number of ether oxygens (including phenoxy) is 2. The summed E-state index contributed by atoms with van der Waals surface area (Å²) in [5, 5.41) is 7.59. The Kier molecular flexibility index (Phi) is 4.25. The van der Waals surface area contributed by atoms with Crippen LogP contribution in [0.15, 0.2) is 41.8 Å². The molecule has 110 valence electrons. The number of fused-ring (bicyclic) bond motifs is 1. The van der Waals surface area contributed by atoms with Crippen molar-refractivity contribution in [1.82, 2.24) is 10.6 Å². The lowest BCUT2D eigenvalue weighted by Crippen LogP contribution is -2.44. The Bertz CT molecular complexity index is 601. The minimum absolute atomic E-state index is 0.174. The fraction of sp³-hybridized carbons (Fsp3) is 0.267. The molecule has 2 heterocycles. The molecular weight excluding hydrogens is 288 g/mol. The van der Waals surface area contributed by atoms with Crippen LogP contribution in [0.1, 0.15) is 4.88 Å². The van der Waals surface area contributed by atoms with Gasteiger partial charge in [-0.2, -0.15) is 0 Å². The number of hydrogen-bond acceptors (Lipinski definition) is 4. The van der Waals surface area contributed by atoms with Crippen molar-refractivity contribution in [1.29, 1.82) is 0 Å². The zero-order valence-corrected chi connectivity index (χ0v) is 12.2. The molecule has 2 amide bonds. The van der Waals surface area contributed by atoms with E-state index in [0.29, 0.717) is 19.7 Å². The van der Waals surface area contributed by atoms with E-state index in [-0.39, 0.29) is 12.1 Å². The lowest BCUT2D eigenvalue weighted by Gasteiger charge is -2.26. The van der Waals surface area contributed by atoms with E-state index < -0.39 is 0 Å². The fourth-order valence-corrected chi connectivity index (χ4v) is 2.66. The molecule has 2 aromatic rings. The molecule has 0 fully saturated rings. The molecule has 1 aromatic carbocycles. The number of thiophene rings is 1. The number of hydrogen-bond donors (Lipinski definition) is 2. The van der Waals surface area contributed by atoms with Gasteiger partial charge in [0.05, 0.1) is 13.1 Å². The molecule has 0 aliphatic carbocycles. The molecule has 1 unspecified atom stereocenters. The van der Waals surface area contributed by atoms with E-state index in [2.05, 4.69) is 10.6 Å². The number of carbonyl (C=O) groups excluding carboxylic acids is 1. The highest BCUT2D eigenvalue weighted by atomic mass is 32.1. The Morgan fingerprint density at radius 2 is 2.05 bits per heavy atom. The van der Waals surface area contributed by atoms with Crippen molar-refractivity contribution < 1.29 is 14.3 Å². The molecule has 0 radical (unpaired) electrons. The highest BCUT2D eigenvalue weighted by Gasteiger charge is 2.20. The number of amides is 2. The third kappa shape index (κ3) is 3.66. The molecule has 1 aliphatic rings. The molecule has 1 aliphatic heterocycles. The maximum absolute atomic E-state index is 11.7. The summed E-state index contributed by atoms with van der Waals surface area (Å²) >= 11 is 1.62. The van der Waals surface area contributed by atoms with Crippen LogP contribution in [0.2, 0.25) is 0 Å². The zero-order valence-electron chi connectivity index (χ0n) is 11.4. The van der Waals surface area contributed by atoms with E-state index in [1.165, 1.54) is 0 Å². The van der Waals surface area contributed by atoms with Gasteiger partial charge in [0.1, 0.15) is 6.61 Å². The van der Waals surface area contributed by atoms with E-state index >= 15 is 0 Å². The molecule has 6 heteroatoms. The molecule has 1 atom stereocenters. The molecule has 1 aromatic heterocycles. The molecule has 0 saturated carbocycles. The van der Waals surface area contributed by atoms with Crippen molar-refractivity contribution in [3.8, 4) is 11.5 Å². The fourth-order valence-electron chi connectivity index (χ4n) is 2.01. The number of carbonyl (C=O) groups is 1. The van der Waals surface area contributed by atoms with Crippen LogP contribution in [-0.4, -0.2) is 25.3 Å². The third-order valence-electron chi connectivity index (χ3n) is 3.06. The minimum Gasteiger partial charge on any atom is -0.486 e. The van der Waals surface area contributed by atoms with Gasteiger partial charge in [-0.15, -0.1) is 11.3 Å². The van der Waals surface area contributed by atoms with Gasteiger partial charge in [-0.25, -0.2) is 4.79 Å². The molecule has 21 heavy (non-hydrogen) atoms. The van der Waals surface area contributed by atoms with Gasteiger partial charge in [0.2, 0.25) is 0 Å². The molecule has 3 rings (SSSR count). The van der Waals surface area contributed by atoms with Crippen molar-refractivity contribution in [2.45, 2.75) is 12.6 Å². The Morgan fingerprint density at radius 1 is 1.19 bits per heavy atom. The van der Waals surface area contributed by atoms with Crippen LogP contribution in [0.5, 0.6) is 11.5 Å². The van der Waals surface area contributed by atoms with Gasteiger partial charge in [0.15, 0.2) is 17.6 Å². The molecule has 0 spiro atoms. The highest BCUT2D eigenvalue weighted by molar-refractivity contribution is 7.09. The number of para-hydroxylation sites is 2. The smallest absolute Gasteiger partial charge is 0.315 e. The van der Waals surface area contributed by atoms with Crippen molar-refractivity contribution in [2.24, 2.45) is 0 Å². The number of nitrogens with one attached hydrogen (secondary N) is 2. The summed E-state index contributed by atoms with van der Waals surface area (Å²) in [6.45, 7) is 1.38. The van der Waals surface area contributed by atoms with E-state index in [9.17, 15) is 4.79 Å². The molecule has 5 nitrogen and oxygen atoms in total. The first-order valence-corrected chi connectivity index (χ1v) is 7.62. The Morgan fingerprint density at radius 3 is 2.86 bits per heavy atom. The zero-order chi connectivity index (χ0) is 14.5. The molecule has 0 bridgehead atoms. The summed E-state index contributed by atoms with van der Waals surface area (Å²) in [5.41, 5.74) is 0. The second-order valence-corrected chi connectivity index (χ2v) is 5.67. The molecular formula is C15H16N2O3S. The molecule has 0 saturated heterocycles. The van der Waals surface area contributed by atoms with Crippen LogP contribution < -0.4 is 20.1 Å². The average molecular weight is 304 g/mol. The second kappa shape index (κ2) is 6.49. The van der Waals surface area contributed by atoms with Gasteiger partial charge in [0.25, 0.3) is 0 Å². The normalized spacial score (nSPS) is 16.3. The van der Waals surface area contributed by atoms with Crippen LogP contribution >= 0.6 is 11.3 Å². The van der Waals surface area contributed by atoms with Crippen LogP contribution in [0.4, 0.5) is 4.79 Å². The van der Waals surface area contributed by atoms with Gasteiger partial charge < -0.3 is 20.1 Å². The van der Waals surface area contributed by atoms with Crippen LogP contribution in [0.3, 0.4) is 0 Å². The SMILES string of the molecule is O=C(NCc1cccs1)NCC1COc2ccccc2O1. The summed E-state index contributed by atoms with van der Waals surface area (Å²) in [4.78, 5) is 12.8. The third-order valence-corrected chi connectivity index (χ3v) is 3.94. The second-order valence-electron chi connectivity index (χ2n) is 4.64. The van der Waals surface area contributed by atoms with E-state index in [0.717, 1.165) is 16.4 Å². The Balaban J connectivity index is 1.42. The predicted octanol–water partition coefficient (Wildman–Crippen LogP) is 2.39. The van der Waals surface area contributed by atoms with Gasteiger partial charge in [0, 0.05) is 4.88 Å². The van der Waals surface area contributed by atoms with Crippen molar-refractivity contribution in [2.75, 3.05) is 13.2 Å². The standard InChI is InChI=1S/C15H16N2O3S/c18-15(17-9-12-4-3-7-21-12)16-8-11-10-19-13-5-1-2-6-14(13)20-11/h1-7,11H,8-10H2,(H2,16,17,18). The first kappa shape index (κ1) is 13.8. The van der Waals surface area contributed by atoms with E-state index in [1.54, 1.807) is 11.3 Å². The first-order valence-electron chi connectivity index (χ1n) is 6.74. The summed E-state index contributed by atoms with van der Waals surface area (Å²) in [6.07, 6.45) is -0.174. The first-order chi connectivity index (χ1) is 10.3. The number of rotatable bonds is 4. The number of urea groups is 1. The van der Waals surface area contributed by atoms with Crippen LogP contribution in [0.25, 0.3) is 0 Å². The Hall–Kier alpha value is -2.21. The van der Waals surface area contributed by atoms with Gasteiger partial charge in [-0.1, -0.05) is 18.2 Å². The quantitative estimate of drug-likeness (QED) is 0.912. The topological polar surface area (TPSA) is 59.6 Å². The van der Waals surface area contributed by atoms with Crippen molar-refractivity contribution in [3.63, 3.8) is 0 Å². The van der Waals surface area contributed by atoms with Crippen molar-refractivity contribution >= 4 is 17.4 Å². The average Bonchev–Trinajstić information content (AvgIpc) is 3.04. The van der Waals surface area contributed by atoms with E-state index in [1.807, 2.05) is 41.8 Å². The minimum atomic E-state index is -0.203. The van der Waals surface area contributed by atoms with Crippen LogP contribution in [0, 0.1) is 0 Å². The largest absolute Gasteiger partial charge is 0.486 e. The monoisotopic (exact) mass is 304 g/mol. The maximum Gasteiger partial charge on any atom is 0.315 e. The summed E-state index contributed by atoms with van der Waals surface area (Å²) in [5.74, 6) is 1.46. The van der Waals surface area contributed by atoms with Gasteiger partial charge >= 0.3 is 6.03 Å². The lowest BCUT2D eigenvalue weighted by atomic mass is 10.2.